The van der Waals surface area contributed by atoms with E-state index in [4.69, 9.17) is 0 Å². The quantitative estimate of drug-likeness (QED) is 0.788. The second-order valence-electron chi connectivity index (χ2n) is 5.47. The Morgan fingerprint density at radius 3 is 2.72 bits per heavy atom. The van der Waals surface area contributed by atoms with E-state index < -0.39 is 11.6 Å². The summed E-state index contributed by atoms with van der Waals surface area (Å²) in [7, 11) is 0. The monoisotopic (exact) mass is 335 g/mol. The van der Waals surface area contributed by atoms with E-state index in [-0.39, 0.29) is 15.9 Å². The molecule has 1 N–H and O–H groups in total. The van der Waals surface area contributed by atoms with Crippen LogP contribution in [0.25, 0.3) is 0 Å². The Labute approximate surface area is 119 Å². The summed E-state index contributed by atoms with van der Waals surface area (Å²) >= 11 is 4.95. The van der Waals surface area contributed by atoms with E-state index in [0.29, 0.717) is 5.69 Å². The summed E-state index contributed by atoms with van der Waals surface area (Å²) in [5, 5.41) is 3.18. The van der Waals surface area contributed by atoms with Crippen molar-refractivity contribution in [2.24, 2.45) is 5.41 Å². The van der Waals surface area contributed by atoms with Gasteiger partial charge in [0.05, 0.1) is 10.2 Å². The highest BCUT2D eigenvalue weighted by atomic mass is 79.9. The number of nitrogens with one attached hydrogen (secondary N) is 1. The van der Waals surface area contributed by atoms with Gasteiger partial charge in [-0.05, 0) is 39.6 Å². The van der Waals surface area contributed by atoms with Crippen molar-refractivity contribution < 1.29 is 8.78 Å². The third kappa shape index (κ3) is 3.38. The lowest BCUT2D eigenvalue weighted by atomic mass is 9.88. The molecule has 0 bridgehead atoms. The molecule has 18 heavy (non-hydrogen) atoms. The van der Waals surface area contributed by atoms with Gasteiger partial charge in [0.1, 0.15) is 11.6 Å². The summed E-state index contributed by atoms with van der Waals surface area (Å²) in [5.74, 6) is 0.971. The van der Waals surface area contributed by atoms with Crippen molar-refractivity contribution in [1.82, 2.24) is 0 Å². The summed E-state index contributed by atoms with van der Waals surface area (Å²) in [6.07, 6.45) is 0.994. The van der Waals surface area contributed by atoms with Crippen molar-refractivity contribution in [3.8, 4) is 0 Å². The van der Waals surface area contributed by atoms with Gasteiger partial charge in [-0.25, -0.2) is 8.78 Å². The highest BCUT2D eigenvalue weighted by molar-refractivity contribution is 9.10. The van der Waals surface area contributed by atoms with Gasteiger partial charge in [-0.3, -0.25) is 0 Å². The smallest absolute Gasteiger partial charge is 0.149 e. The number of hydrogen-bond acceptors (Lipinski definition) is 2. The first-order chi connectivity index (χ1) is 8.37. The van der Waals surface area contributed by atoms with Gasteiger partial charge in [0.2, 0.25) is 0 Å². The number of anilines is 1. The minimum atomic E-state index is -0.573. The largest absolute Gasteiger partial charge is 0.379 e. The second-order valence-corrected chi connectivity index (χ2v) is 7.36. The van der Waals surface area contributed by atoms with E-state index in [2.05, 4.69) is 35.1 Å². The molecule has 2 rings (SSSR count). The molecule has 1 aliphatic heterocycles. The minimum absolute atomic E-state index is 0.227. The van der Waals surface area contributed by atoms with Crippen LogP contribution >= 0.6 is 27.7 Å². The van der Waals surface area contributed by atoms with Crippen LogP contribution < -0.4 is 5.32 Å². The lowest BCUT2D eigenvalue weighted by molar-refractivity contribution is 0.357. The average molecular weight is 336 g/mol. The van der Waals surface area contributed by atoms with Crippen molar-refractivity contribution in [1.29, 1.82) is 0 Å². The van der Waals surface area contributed by atoms with Crippen molar-refractivity contribution in [2.45, 2.75) is 26.3 Å². The first-order valence-corrected chi connectivity index (χ1v) is 7.81. The van der Waals surface area contributed by atoms with Crippen LogP contribution in [0.15, 0.2) is 16.6 Å². The van der Waals surface area contributed by atoms with Gasteiger partial charge < -0.3 is 5.32 Å². The van der Waals surface area contributed by atoms with Gasteiger partial charge in [-0.15, -0.1) is 0 Å². The van der Waals surface area contributed by atoms with Crippen molar-refractivity contribution in [3.63, 3.8) is 0 Å². The van der Waals surface area contributed by atoms with E-state index >= 15 is 0 Å². The third-order valence-electron chi connectivity index (χ3n) is 2.98. The standard InChI is InChI=1S/C13H16BrF2NS/c1-13(2)5-8(6-18-7-13)17-12-3-9(14)10(15)4-11(12)16/h3-4,8,17H,5-7H2,1-2H3. The molecule has 1 nitrogen and oxygen atoms in total. The molecule has 1 unspecified atom stereocenters. The zero-order chi connectivity index (χ0) is 13.3. The Morgan fingerprint density at radius 2 is 2.06 bits per heavy atom. The number of halogens is 3. The Balaban J connectivity index is 2.12. The molecule has 0 spiro atoms. The Hall–Kier alpha value is -0.290. The molecule has 0 aromatic heterocycles. The molecule has 1 saturated heterocycles. The van der Waals surface area contributed by atoms with Crippen LogP contribution in [-0.4, -0.2) is 17.5 Å². The molecule has 0 saturated carbocycles. The third-order valence-corrected chi connectivity index (χ3v) is 5.21. The van der Waals surface area contributed by atoms with Gasteiger partial charge in [0.25, 0.3) is 0 Å². The van der Waals surface area contributed by atoms with Crippen molar-refractivity contribution in [3.05, 3.63) is 28.2 Å². The molecule has 1 aromatic carbocycles. The number of rotatable bonds is 2. The maximum Gasteiger partial charge on any atom is 0.149 e. The van der Waals surface area contributed by atoms with Crippen molar-refractivity contribution >= 4 is 33.4 Å². The first kappa shape index (κ1) is 14.1. The Bertz CT molecular complexity index is 451. The fraction of sp³-hybridized carbons (Fsp3) is 0.538. The predicted octanol–water partition coefficient (Wildman–Crippen LogP) is 4.67. The molecule has 5 heteroatoms. The van der Waals surface area contributed by atoms with Crippen LogP contribution in [0, 0.1) is 17.0 Å². The number of hydrogen-bond donors (Lipinski definition) is 1. The van der Waals surface area contributed by atoms with Crippen LogP contribution in [0.2, 0.25) is 0 Å². The molecule has 1 atom stereocenters. The SMILES string of the molecule is CC1(C)CSCC(Nc2cc(Br)c(F)cc2F)C1. The van der Waals surface area contributed by atoms with Crippen LogP contribution in [0.3, 0.4) is 0 Å². The summed E-state index contributed by atoms with van der Waals surface area (Å²) < 4.78 is 27.1. The molecule has 0 amide bonds. The summed E-state index contributed by atoms with van der Waals surface area (Å²) in [6.45, 7) is 4.43. The number of thioether (sulfide) groups is 1. The van der Waals surface area contributed by atoms with Crippen LogP contribution in [0.4, 0.5) is 14.5 Å². The Kier molecular flexibility index (Phi) is 4.22. The highest BCUT2D eigenvalue weighted by Crippen LogP contribution is 2.35. The van der Waals surface area contributed by atoms with Gasteiger partial charge in [0.15, 0.2) is 0 Å². The summed E-state index contributed by atoms with van der Waals surface area (Å²) in [5.41, 5.74) is 0.625. The van der Waals surface area contributed by atoms with Gasteiger partial charge in [0, 0.05) is 17.9 Å². The topological polar surface area (TPSA) is 12.0 Å². The summed E-state index contributed by atoms with van der Waals surface area (Å²) in [4.78, 5) is 0. The molecule has 100 valence electrons. The first-order valence-electron chi connectivity index (χ1n) is 5.86. The fourth-order valence-electron chi connectivity index (χ4n) is 2.21. The molecular weight excluding hydrogens is 320 g/mol. The number of benzene rings is 1. The molecule has 1 fully saturated rings. The van der Waals surface area contributed by atoms with Crippen LogP contribution in [0.1, 0.15) is 20.3 Å². The zero-order valence-electron chi connectivity index (χ0n) is 10.4. The molecule has 0 radical (unpaired) electrons. The van der Waals surface area contributed by atoms with E-state index in [1.165, 1.54) is 6.07 Å². The minimum Gasteiger partial charge on any atom is -0.379 e. The Morgan fingerprint density at radius 1 is 1.33 bits per heavy atom. The molecule has 0 aliphatic carbocycles. The lowest BCUT2D eigenvalue weighted by Crippen LogP contribution is -2.35. The van der Waals surface area contributed by atoms with E-state index in [9.17, 15) is 8.78 Å². The van der Waals surface area contributed by atoms with Gasteiger partial charge >= 0.3 is 0 Å². The van der Waals surface area contributed by atoms with Crippen molar-refractivity contribution in [2.75, 3.05) is 16.8 Å². The molecule has 1 heterocycles. The highest BCUT2D eigenvalue weighted by Gasteiger charge is 2.28. The second kappa shape index (κ2) is 5.37. The lowest BCUT2D eigenvalue weighted by Gasteiger charge is -2.35. The van der Waals surface area contributed by atoms with Crippen LogP contribution in [0.5, 0.6) is 0 Å². The molecular formula is C13H16BrF2NS. The van der Waals surface area contributed by atoms with Crippen LogP contribution in [-0.2, 0) is 0 Å². The molecule has 1 aromatic rings. The maximum absolute atomic E-state index is 13.6. The average Bonchev–Trinajstić information content (AvgIpc) is 2.24. The van der Waals surface area contributed by atoms with E-state index in [1.807, 2.05) is 11.8 Å². The predicted molar refractivity (Wildman–Crippen MR) is 77.2 cm³/mol. The van der Waals surface area contributed by atoms with Gasteiger partial charge in [-0.2, -0.15) is 11.8 Å². The maximum atomic E-state index is 13.6. The molecule has 1 aliphatic rings. The normalized spacial score (nSPS) is 22.8. The summed E-state index contributed by atoms with van der Waals surface area (Å²) in [6, 6.07) is 2.61. The van der Waals surface area contributed by atoms with E-state index in [0.717, 1.165) is 24.0 Å². The van der Waals surface area contributed by atoms with Gasteiger partial charge in [-0.1, -0.05) is 13.8 Å². The fourth-order valence-corrected chi connectivity index (χ4v) is 3.83. The zero-order valence-corrected chi connectivity index (χ0v) is 12.8. The van der Waals surface area contributed by atoms with E-state index in [1.54, 1.807) is 0 Å².